The fourth-order valence-electron chi connectivity index (χ4n) is 0.641. The molecule has 0 atom stereocenters. The summed E-state index contributed by atoms with van der Waals surface area (Å²) in [7, 11) is 0. The van der Waals surface area contributed by atoms with Gasteiger partial charge in [0.1, 0.15) is 17.5 Å². The van der Waals surface area contributed by atoms with Gasteiger partial charge in [-0.15, -0.1) is 0 Å². The number of rotatable bonds is 0. The highest BCUT2D eigenvalue weighted by molar-refractivity contribution is 5.47. The molecule has 0 aromatic heterocycles. The van der Waals surface area contributed by atoms with Gasteiger partial charge in [0.2, 0.25) is 0 Å². The predicted molar refractivity (Wildman–Crippen MR) is 32.6 cm³/mol. The molecule has 0 aliphatic heterocycles. The molecule has 0 fully saturated rings. The molecule has 0 spiro atoms. The predicted octanol–water partition coefficient (Wildman–Crippen LogP) is 2.65. The number of nitrogens with zero attached hydrogens (tertiary/aromatic N) is 1. The second-order valence-electron chi connectivity index (χ2n) is 1.83. The Kier molecular flexibility index (Phi) is 1.81. The van der Waals surface area contributed by atoms with E-state index in [-0.39, 0.29) is 0 Å². The Labute approximate surface area is 60.9 Å². The number of hydrogen-bond acceptors (Lipinski definition) is 0. The van der Waals surface area contributed by atoms with Crippen LogP contribution in [0.2, 0.25) is 0 Å². The van der Waals surface area contributed by atoms with E-state index in [0.717, 1.165) is 0 Å². The summed E-state index contributed by atoms with van der Waals surface area (Å²) >= 11 is 0. The Hall–Kier alpha value is -1.50. The molecule has 11 heavy (non-hydrogen) atoms. The van der Waals surface area contributed by atoms with E-state index in [0.29, 0.717) is 12.1 Å². The van der Waals surface area contributed by atoms with E-state index in [1.54, 1.807) is 0 Å². The molecule has 0 unspecified atom stereocenters. The number of hydrogen-bond donors (Lipinski definition) is 0. The molecule has 0 saturated heterocycles. The lowest BCUT2D eigenvalue weighted by atomic mass is 10.3. The summed E-state index contributed by atoms with van der Waals surface area (Å²) in [5.74, 6) is -3.36. The molecule has 0 radical (unpaired) electrons. The van der Waals surface area contributed by atoms with Crippen LogP contribution in [0.25, 0.3) is 4.85 Å². The van der Waals surface area contributed by atoms with Gasteiger partial charge in [0.15, 0.2) is 0 Å². The van der Waals surface area contributed by atoms with E-state index in [1.807, 2.05) is 0 Å². The molecule has 0 heterocycles. The minimum Gasteiger partial charge on any atom is -0.232 e. The standard InChI is InChI=1S/C7H2F3N/c1-11-7-5(9)2-4(8)3-6(7)10/h2-3H. The Morgan fingerprint density at radius 1 is 1.09 bits per heavy atom. The maximum atomic E-state index is 12.4. The van der Waals surface area contributed by atoms with Gasteiger partial charge in [-0.25, -0.2) is 18.0 Å². The maximum absolute atomic E-state index is 12.4. The molecular formula is C7H2F3N. The van der Waals surface area contributed by atoms with Gasteiger partial charge < -0.3 is 0 Å². The van der Waals surface area contributed by atoms with Crippen LogP contribution in [-0.2, 0) is 0 Å². The normalized spacial score (nSPS) is 9.27. The van der Waals surface area contributed by atoms with Crippen molar-refractivity contribution in [1.29, 1.82) is 0 Å². The number of halogens is 3. The van der Waals surface area contributed by atoms with E-state index in [4.69, 9.17) is 6.57 Å². The summed E-state index contributed by atoms with van der Waals surface area (Å²) in [6, 6.07) is 0.937. The third kappa shape index (κ3) is 1.32. The van der Waals surface area contributed by atoms with Crippen LogP contribution in [0, 0.1) is 24.0 Å². The van der Waals surface area contributed by atoms with Gasteiger partial charge in [-0.1, -0.05) is 0 Å². The second kappa shape index (κ2) is 2.62. The molecule has 0 aliphatic rings. The monoisotopic (exact) mass is 157 g/mol. The van der Waals surface area contributed by atoms with Crippen molar-refractivity contribution in [3.8, 4) is 0 Å². The molecule has 56 valence electrons. The molecule has 1 aromatic carbocycles. The van der Waals surface area contributed by atoms with Gasteiger partial charge in [0.05, 0.1) is 6.57 Å². The molecule has 1 rings (SSSR count). The van der Waals surface area contributed by atoms with Crippen molar-refractivity contribution in [3.05, 3.63) is 41.0 Å². The molecule has 1 aromatic rings. The number of benzene rings is 1. The third-order valence-corrected chi connectivity index (χ3v) is 1.09. The molecule has 0 bridgehead atoms. The summed E-state index contributed by atoms with van der Waals surface area (Å²) in [6.45, 7) is 6.32. The average Bonchev–Trinajstić information content (AvgIpc) is 1.85. The van der Waals surface area contributed by atoms with Gasteiger partial charge in [-0.05, 0) is 12.1 Å². The Bertz CT molecular complexity index is 304. The summed E-state index contributed by atoms with van der Waals surface area (Å²) in [4.78, 5) is 2.54. The smallest absolute Gasteiger partial charge is 0.232 e. The Balaban J connectivity index is 3.40. The van der Waals surface area contributed by atoms with Gasteiger partial charge in [0, 0.05) is 0 Å². The zero-order chi connectivity index (χ0) is 8.43. The zero-order valence-corrected chi connectivity index (χ0v) is 5.24. The van der Waals surface area contributed by atoms with Gasteiger partial charge in [-0.2, -0.15) is 0 Å². The van der Waals surface area contributed by atoms with Crippen LogP contribution in [0.5, 0.6) is 0 Å². The highest BCUT2D eigenvalue weighted by Crippen LogP contribution is 2.22. The van der Waals surface area contributed by atoms with Crippen LogP contribution in [0.4, 0.5) is 18.9 Å². The zero-order valence-electron chi connectivity index (χ0n) is 5.24. The summed E-state index contributed by atoms with van der Waals surface area (Å²) in [6.07, 6.45) is 0. The fraction of sp³-hybridized carbons (Fsp3) is 0. The molecule has 4 heteroatoms. The van der Waals surface area contributed by atoms with E-state index in [1.165, 1.54) is 0 Å². The first-order chi connectivity index (χ1) is 5.15. The SMILES string of the molecule is [C-]#[N+]c1c(F)cc(F)cc1F. The summed E-state index contributed by atoms with van der Waals surface area (Å²) in [5.41, 5.74) is -0.772. The van der Waals surface area contributed by atoms with Crippen molar-refractivity contribution >= 4 is 5.69 Å². The van der Waals surface area contributed by atoms with Gasteiger partial charge in [0.25, 0.3) is 5.69 Å². The molecule has 0 amide bonds. The third-order valence-electron chi connectivity index (χ3n) is 1.09. The molecule has 0 N–H and O–H groups in total. The van der Waals surface area contributed by atoms with Crippen LogP contribution >= 0.6 is 0 Å². The molecule has 1 nitrogen and oxygen atoms in total. The second-order valence-corrected chi connectivity index (χ2v) is 1.83. The van der Waals surface area contributed by atoms with Crippen molar-refractivity contribution < 1.29 is 13.2 Å². The lowest BCUT2D eigenvalue weighted by Gasteiger charge is -1.94. The Morgan fingerprint density at radius 3 is 1.91 bits per heavy atom. The summed E-state index contributed by atoms with van der Waals surface area (Å²) in [5, 5.41) is 0. The van der Waals surface area contributed by atoms with Crippen LogP contribution in [-0.4, -0.2) is 0 Å². The van der Waals surface area contributed by atoms with Crippen LogP contribution < -0.4 is 0 Å². The van der Waals surface area contributed by atoms with E-state index < -0.39 is 23.1 Å². The fourth-order valence-corrected chi connectivity index (χ4v) is 0.641. The van der Waals surface area contributed by atoms with Gasteiger partial charge in [-0.3, -0.25) is 0 Å². The van der Waals surface area contributed by atoms with Crippen LogP contribution in [0.15, 0.2) is 12.1 Å². The van der Waals surface area contributed by atoms with Crippen LogP contribution in [0.3, 0.4) is 0 Å². The quantitative estimate of drug-likeness (QED) is 0.510. The summed E-state index contributed by atoms with van der Waals surface area (Å²) < 4.78 is 37.0. The molecular weight excluding hydrogens is 155 g/mol. The first-order valence-corrected chi connectivity index (χ1v) is 2.67. The van der Waals surface area contributed by atoms with Crippen molar-refractivity contribution in [2.45, 2.75) is 0 Å². The van der Waals surface area contributed by atoms with Crippen molar-refractivity contribution in [2.75, 3.05) is 0 Å². The lowest BCUT2D eigenvalue weighted by molar-refractivity contribution is 0.551. The highest BCUT2D eigenvalue weighted by Gasteiger charge is 2.10. The molecule has 0 saturated carbocycles. The van der Waals surface area contributed by atoms with Crippen molar-refractivity contribution in [3.63, 3.8) is 0 Å². The minimum absolute atomic E-state index is 0.469. The van der Waals surface area contributed by atoms with Crippen LogP contribution in [0.1, 0.15) is 0 Å². The minimum atomic E-state index is -1.17. The lowest BCUT2D eigenvalue weighted by Crippen LogP contribution is -1.83. The molecule has 0 aliphatic carbocycles. The average molecular weight is 157 g/mol. The van der Waals surface area contributed by atoms with E-state index in [9.17, 15) is 13.2 Å². The van der Waals surface area contributed by atoms with Crippen molar-refractivity contribution in [2.24, 2.45) is 0 Å². The first-order valence-electron chi connectivity index (χ1n) is 2.67. The Morgan fingerprint density at radius 2 is 1.55 bits per heavy atom. The maximum Gasteiger partial charge on any atom is 0.257 e. The van der Waals surface area contributed by atoms with Gasteiger partial charge >= 0.3 is 0 Å². The van der Waals surface area contributed by atoms with E-state index >= 15 is 0 Å². The van der Waals surface area contributed by atoms with E-state index in [2.05, 4.69) is 4.85 Å². The highest BCUT2D eigenvalue weighted by atomic mass is 19.1. The largest absolute Gasteiger partial charge is 0.257 e. The first kappa shape index (κ1) is 7.61. The topological polar surface area (TPSA) is 4.36 Å². The van der Waals surface area contributed by atoms with Crippen molar-refractivity contribution in [1.82, 2.24) is 0 Å².